The van der Waals surface area contributed by atoms with Gasteiger partial charge in [0.1, 0.15) is 11.5 Å². The summed E-state index contributed by atoms with van der Waals surface area (Å²) in [5.41, 5.74) is 16.3. The first-order chi connectivity index (χ1) is 32.1. The van der Waals surface area contributed by atoms with Gasteiger partial charge in [0.05, 0.1) is 26.4 Å². The first kappa shape index (κ1) is 44.0. The minimum Gasteiger partial charge on any atom is -0.507 e. The van der Waals surface area contributed by atoms with Crippen LogP contribution in [0.15, 0.2) is 170 Å². The number of aliphatic hydroxyl groups excluding tert-OH is 4. The molecule has 332 valence electrons. The lowest BCUT2D eigenvalue weighted by atomic mass is 9.82. The molecule has 0 amide bonds. The second-order valence-electron chi connectivity index (χ2n) is 17.6. The maximum Gasteiger partial charge on any atom is 0.126 e. The summed E-state index contributed by atoms with van der Waals surface area (Å²) in [6, 6.07) is 58.6. The molecule has 0 unspecified atom stereocenters. The van der Waals surface area contributed by atoms with Crippen molar-refractivity contribution in [1.82, 2.24) is 0 Å². The minimum atomic E-state index is -0.343. The number of nitrogens with zero attached hydrogens (tertiary/aromatic N) is 2. The largest absolute Gasteiger partial charge is 0.507 e. The maximum absolute atomic E-state index is 10.5. The SMILES string of the molecule is CC1(C)c2cc(N(c3ccccc3)c3cccc(CCc4cc(CO)c(O)c(CO)c4)c3)ccc2-c2ccc(N(c3ccccc3)c3cccc(Cc4cc(CO)c(O)c(CO)c4)c3)cc21. The van der Waals surface area contributed by atoms with E-state index >= 15 is 0 Å². The highest BCUT2D eigenvalue weighted by Gasteiger charge is 2.37. The van der Waals surface area contributed by atoms with Gasteiger partial charge in [0.25, 0.3) is 0 Å². The summed E-state index contributed by atoms with van der Waals surface area (Å²) >= 11 is 0. The van der Waals surface area contributed by atoms with E-state index in [1.807, 2.05) is 24.3 Å². The molecule has 0 aliphatic heterocycles. The third-order valence-corrected chi connectivity index (χ3v) is 13.0. The van der Waals surface area contributed by atoms with Crippen molar-refractivity contribution < 1.29 is 30.6 Å². The predicted octanol–water partition coefficient (Wildman–Crippen LogP) is 11.7. The molecule has 0 atom stereocenters. The van der Waals surface area contributed by atoms with Crippen LogP contribution in [0.3, 0.4) is 0 Å². The third kappa shape index (κ3) is 8.55. The number of aliphatic hydroxyl groups is 4. The summed E-state index contributed by atoms with van der Waals surface area (Å²) in [4.78, 5) is 4.59. The van der Waals surface area contributed by atoms with E-state index in [-0.39, 0.29) is 43.3 Å². The Morgan fingerprint density at radius 2 is 0.742 bits per heavy atom. The summed E-state index contributed by atoms with van der Waals surface area (Å²) in [5, 5.41) is 60.4. The molecule has 8 nitrogen and oxygen atoms in total. The van der Waals surface area contributed by atoms with Crippen LogP contribution in [-0.2, 0) is 51.1 Å². The van der Waals surface area contributed by atoms with Crippen molar-refractivity contribution in [2.75, 3.05) is 9.80 Å². The van der Waals surface area contributed by atoms with Gasteiger partial charge in [-0.2, -0.15) is 0 Å². The van der Waals surface area contributed by atoms with Gasteiger partial charge in [-0.15, -0.1) is 0 Å². The van der Waals surface area contributed by atoms with Crippen LogP contribution in [-0.4, -0.2) is 30.6 Å². The second kappa shape index (κ2) is 18.7. The van der Waals surface area contributed by atoms with Crippen LogP contribution in [0, 0.1) is 0 Å². The molecule has 0 saturated heterocycles. The van der Waals surface area contributed by atoms with Crippen molar-refractivity contribution >= 4 is 34.1 Å². The maximum atomic E-state index is 10.5. The van der Waals surface area contributed by atoms with E-state index in [1.54, 1.807) is 12.1 Å². The number of hydrogen-bond donors (Lipinski definition) is 6. The number of fused-ring (bicyclic) bond motifs is 3. The van der Waals surface area contributed by atoms with E-state index in [0.29, 0.717) is 35.1 Å². The molecule has 9 rings (SSSR count). The van der Waals surface area contributed by atoms with Gasteiger partial charge in [0.2, 0.25) is 0 Å². The Labute approximate surface area is 386 Å². The number of hydrogen-bond acceptors (Lipinski definition) is 8. The topological polar surface area (TPSA) is 128 Å². The lowest BCUT2D eigenvalue weighted by molar-refractivity contribution is 0.263. The monoisotopic (exact) mass is 874 g/mol. The van der Waals surface area contributed by atoms with Crippen LogP contribution in [0.2, 0.25) is 0 Å². The van der Waals surface area contributed by atoms with Gasteiger partial charge in [-0.1, -0.05) is 86.6 Å². The summed E-state index contributed by atoms with van der Waals surface area (Å²) in [6.45, 7) is 3.37. The smallest absolute Gasteiger partial charge is 0.126 e. The van der Waals surface area contributed by atoms with Crippen molar-refractivity contribution in [1.29, 1.82) is 0 Å². The zero-order valence-corrected chi connectivity index (χ0v) is 37.2. The van der Waals surface area contributed by atoms with Crippen LogP contribution in [0.5, 0.6) is 11.5 Å². The van der Waals surface area contributed by atoms with Crippen molar-refractivity contribution in [3.8, 4) is 22.6 Å². The number of aromatic hydroxyl groups is 2. The van der Waals surface area contributed by atoms with Gasteiger partial charge >= 0.3 is 0 Å². The van der Waals surface area contributed by atoms with Gasteiger partial charge in [-0.3, -0.25) is 0 Å². The number of anilines is 6. The molecule has 8 aromatic rings. The van der Waals surface area contributed by atoms with Crippen molar-refractivity contribution in [2.24, 2.45) is 0 Å². The molecule has 1 aliphatic rings. The Bertz CT molecular complexity index is 2970. The van der Waals surface area contributed by atoms with E-state index < -0.39 is 0 Å². The molecule has 0 saturated carbocycles. The van der Waals surface area contributed by atoms with E-state index in [4.69, 9.17) is 0 Å². The van der Waals surface area contributed by atoms with Crippen LogP contribution in [0.25, 0.3) is 11.1 Å². The average molecular weight is 875 g/mol. The molecule has 1 aliphatic carbocycles. The number of benzene rings is 8. The highest BCUT2D eigenvalue weighted by Crippen LogP contribution is 2.52. The standard InChI is InChI=1S/C58H54N2O6/c1-58(2)54-32-50(59(46-13-5-3-6-14-46)48-17-9-11-38(30-48)19-20-40-26-42(34-61)56(65)43(27-40)35-62)21-23-52(54)53-24-22-51(33-55(53)58)60(47-15-7-4-8-16-47)49-18-10-12-39(31-49)25-41-28-44(36-63)57(66)45(29-41)37-64/h3-18,21-24,26-33,61-66H,19-20,25,34-37H2,1-2H3. The van der Waals surface area contributed by atoms with Gasteiger partial charge in [-0.25, -0.2) is 0 Å². The first-order valence-corrected chi connectivity index (χ1v) is 22.4. The highest BCUT2D eigenvalue weighted by atomic mass is 16.3. The second-order valence-corrected chi connectivity index (χ2v) is 17.6. The molecule has 0 fully saturated rings. The molecular formula is C58H54N2O6. The fraction of sp³-hybridized carbons (Fsp3) is 0.172. The molecule has 8 heteroatoms. The zero-order chi connectivity index (χ0) is 46.0. The molecule has 66 heavy (non-hydrogen) atoms. The van der Waals surface area contributed by atoms with Crippen molar-refractivity contribution in [3.05, 3.63) is 225 Å². The average Bonchev–Trinajstić information content (AvgIpc) is 3.57. The molecule has 0 aromatic heterocycles. The lowest BCUT2D eigenvalue weighted by Gasteiger charge is -2.29. The van der Waals surface area contributed by atoms with Crippen LogP contribution in [0.1, 0.15) is 69.5 Å². The molecule has 0 bridgehead atoms. The van der Waals surface area contributed by atoms with Crippen molar-refractivity contribution in [3.63, 3.8) is 0 Å². The number of rotatable bonds is 15. The zero-order valence-electron chi connectivity index (χ0n) is 37.2. The highest BCUT2D eigenvalue weighted by molar-refractivity contribution is 5.88. The van der Waals surface area contributed by atoms with Crippen LogP contribution in [0.4, 0.5) is 34.1 Å². The summed E-state index contributed by atoms with van der Waals surface area (Å²) in [5.74, 6) is -0.120. The van der Waals surface area contributed by atoms with E-state index in [1.165, 1.54) is 22.3 Å². The lowest BCUT2D eigenvalue weighted by Crippen LogP contribution is -2.17. The van der Waals surface area contributed by atoms with E-state index in [2.05, 4.69) is 157 Å². The Morgan fingerprint density at radius 3 is 1.20 bits per heavy atom. The Kier molecular flexibility index (Phi) is 12.5. The quantitative estimate of drug-likeness (QED) is 0.0601. The molecule has 0 radical (unpaired) electrons. The van der Waals surface area contributed by atoms with Crippen LogP contribution < -0.4 is 9.80 Å². The fourth-order valence-electron chi connectivity index (χ4n) is 9.61. The Hall–Kier alpha value is -7.20. The summed E-state index contributed by atoms with van der Waals surface area (Å²) in [6.07, 6.45) is 1.95. The molecule has 8 aromatic carbocycles. The summed E-state index contributed by atoms with van der Waals surface area (Å²) in [7, 11) is 0. The number of para-hydroxylation sites is 2. The van der Waals surface area contributed by atoms with Crippen molar-refractivity contribution in [2.45, 2.75) is 65.0 Å². The predicted molar refractivity (Wildman–Crippen MR) is 263 cm³/mol. The van der Waals surface area contributed by atoms with Gasteiger partial charge in [0.15, 0.2) is 0 Å². The molecule has 0 heterocycles. The first-order valence-electron chi connectivity index (χ1n) is 22.4. The Morgan fingerprint density at radius 1 is 0.364 bits per heavy atom. The number of aryl methyl sites for hydroxylation is 2. The number of phenols is 2. The van der Waals surface area contributed by atoms with Gasteiger partial charge in [0, 0.05) is 61.8 Å². The fourth-order valence-corrected chi connectivity index (χ4v) is 9.61. The molecule has 0 spiro atoms. The minimum absolute atomic E-state index is 0.0529. The van der Waals surface area contributed by atoms with E-state index in [0.717, 1.165) is 62.8 Å². The molecular weight excluding hydrogens is 821 g/mol. The Balaban J connectivity index is 1.05. The van der Waals surface area contributed by atoms with Gasteiger partial charge < -0.3 is 40.4 Å². The van der Waals surface area contributed by atoms with E-state index in [9.17, 15) is 30.6 Å². The third-order valence-electron chi connectivity index (χ3n) is 13.0. The normalized spacial score (nSPS) is 12.5. The molecule has 6 N–H and O–H groups in total. The summed E-state index contributed by atoms with van der Waals surface area (Å²) < 4.78 is 0. The van der Waals surface area contributed by atoms with Crippen LogP contribution >= 0.6 is 0 Å². The van der Waals surface area contributed by atoms with Gasteiger partial charge in [-0.05, 0) is 161 Å².